The van der Waals surface area contributed by atoms with Gasteiger partial charge in [0.05, 0.1) is 5.69 Å². The summed E-state index contributed by atoms with van der Waals surface area (Å²) >= 11 is 0. The van der Waals surface area contributed by atoms with Gasteiger partial charge in [-0.2, -0.15) is 0 Å². The maximum atomic E-state index is 11.8. The zero-order valence-corrected chi connectivity index (χ0v) is 16.3. The normalized spacial score (nSPS) is 18.5. The van der Waals surface area contributed by atoms with Gasteiger partial charge in [0.15, 0.2) is 0 Å². The van der Waals surface area contributed by atoms with Gasteiger partial charge in [0, 0.05) is 11.3 Å². The Morgan fingerprint density at radius 1 is 1.30 bits per heavy atom. The van der Waals surface area contributed by atoms with Crippen molar-refractivity contribution in [3.05, 3.63) is 22.5 Å². The molecule has 1 atom stereocenters. The quantitative estimate of drug-likeness (QED) is 0.660. The van der Waals surface area contributed by atoms with Crippen LogP contribution in [0.1, 0.15) is 73.3 Å². The average molecular weight is 336 g/mol. The summed E-state index contributed by atoms with van der Waals surface area (Å²) in [4.78, 5) is 16.5. The number of hydrogen-bond donors (Lipinski definition) is 1. The number of pyridine rings is 1. The van der Waals surface area contributed by atoms with Crippen molar-refractivity contribution in [3.63, 3.8) is 0 Å². The van der Waals surface area contributed by atoms with Gasteiger partial charge >= 0.3 is 5.97 Å². The van der Waals surface area contributed by atoms with E-state index in [2.05, 4.69) is 38.8 Å². The Hall–Kier alpha value is -1.36. The minimum absolute atomic E-state index is 0.0580. The fourth-order valence-electron chi connectivity index (χ4n) is 3.56. The van der Waals surface area contributed by atoms with Crippen molar-refractivity contribution < 1.29 is 14.3 Å². The molecule has 1 heterocycles. The van der Waals surface area contributed by atoms with E-state index >= 15 is 0 Å². The SMILES string of the molecule is Cc1nc2c(c(O[SiH](C)C)c1C(=O)O)C(C(C)(C)C)CCCC2. The maximum Gasteiger partial charge on any atom is 0.341 e. The first-order valence-electron chi connectivity index (χ1n) is 8.56. The molecule has 1 N–H and O–H groups in total. The van der Waals surface area contributed by atoms with Gasteiger partial charge in [-0.05, 0) is 50.6 Å². The first kappa shape index (κ1) is 18.0. The molecule has 0 aliphatic heterocycles. The monoisotopic (exact) mass is 335 g/mol. The summed E-state index contributed by atoms with van der Waals surface area (Å²) in [5.74, 6) is -0.0307. The molecule has 23 heavy (non-hydrogen) atoms. The first-order valence-corrected chi connectivity index (χ1v) is 11.3. The molecule has 0 radical (unpaired) electrons. The largest absolute Gasteiger partial charge is 0.546 e. The number of aryl methyl sites for hydroxylation is 2. The van der Waals surface area contributed by atoms with Gasteiger partial charge in [0.1, 0.15) is 11.3 Å². The van der Waals surface area contributed by atoms with E-state index in [1.54, 1.807) is 6.92 Å². The molecular formula is C18H29NO3Si. The van der Waals surface area contributed by atoms with Crippen LogP contribution in [0, 0.1) is 12.3 Å². The van der Waals surface area contributed by atoms with Crippen LogP contribution in [0.25, 0.3) is 0 Å². The molecule has 0 fully saturated rings. The van der Waals surface area contributed by atoms with Crippen LogP contribution in [0.3, 0.4) is 0 Å². The summed E-state index contributed by atoms with van der Waals surface area (Å²) in [5, 5.41) is 9.72. The fraction of sp³-hybridized carbons (Fsp3) is 0.667. The molecule has 2 rings (SSSR count). The fourth-order valence-corrected chi connectivity index (χ4v) is 4.28. The molecule has 4 nitrogen and oxygen atoms in total. The van der Waals surface area contributed by atoms with E-state index in [1.165, 1.54) is 0 Å². The second-order valence-electron chi connectivity index (χ2n) is 7.90. The molecule has 1 unspecified atom stereocenters. The first-order chi connectivity index (χ1) is 10.6. The lowest BCUT2D eigenvalue weighted by Crippen LogP contribution is -2.24. The van der Waals surface area contributed by atoms with E-state index in [0.717, 1.165) is 36.9 Å². The lowest BCUT2D eigenvalue weighted by Gasteiger charge is -2.33. The highest BCUT2D eigenvalue weighted by molar-refractivity contribution is 6.49. The van der Waals surface area contributed by atoms with Crippen LogP contribution in [0.4, 0.5) is 0 Å². The van der Waals surface area contributed by atoms with E-state index in [1.807, 2.05) is 0 Å². The van der Waals surface area contributed by atoms with Gasteiger partial charge in [-0.1, -0.05) is 27.2 Å². The van der Waals surface area contributed by atoms with E-state index in [-0.39, 0.29) is 16.9 Å². The molecule has 1 aromatic rings. The number of carbonyl (C=O) groups is 1. The molecule has 1 aromatic heterocycles. The minimum atomic E-state index is -1.42. The van der Waals surface area contributed by atoms with E-state index in [4.69, 9.17) is 4.43 Å². The average Bonchev–Trinajstić information content (AvgIpc) is 2.58. The maximum absolute atomic E-state index is 11.8. The number of aromatic carboxylic acids is 1. The molecule has 5 heteroatoms. The van der Waals surface area contributed by atoms with Crippen LogP contribution in [0.15, 0.2) is 0 Å². The van der Waals surface area contributed by atoms with E-state index in [9.17, 15) is 9.90 Å². The second-order valence-corrected chi connectivity index (χ2v) is 10.2. The van der Waals surface area contributed by atoms with Crippen molar-refractivity contribution in [2.45, 2.75) is 72.4 Å². The Morgan fingerprint density at radius 2 is 1.96 bits per heavy atom. The lowest BCUT2D eigenvalue weighted by atomic mass is 9.73. The number of aromatic nitrogens is 1. The highest BCUT2D eigenvalue weighted by atomic mass is 28.3. The van der Waals surface area contributed by atoms with Crippen LogP contribution < -0.4 is 4.43 Å². The summed E-state index contributed by atoms with van der Waals surface area (Å²) in [6.07, 6.45) is 4.24. The van der Waals surface area contributed by atoms with Crippen LogP contribution >= 0.6 is 0 Å². The van der Waals surface area contributed by atoms with Crippen LogP contribution in [-0.4, -0.2) is 25.1 Å². The zero-order chi connectivity index (χ0) is 17.4. The third kappa shape index (κ3) is 3.76. The number of nitrogens with zero attached hydrogens (tertiary/aromatic N) is 1. The number of carboxylic acids is 1. The lowest BCUT2D eigenvalue weighted by molar-refractivity contribution is 0.0693. The van der Waals surface area contributed by atoms with Crippen LogP contribution in [0.2, 0.25) is 13.1 Å². The second kappa shape index (κ2) is 6.63. The Bertz CT molecular complexity index is 605. The van der Waals surface area contributed by atoms with Crippen molar-refractivity contribution in [2.75, 3.05) is 0 Å². The third-order valence-corrected chi connectivity index (χ3v) is 5.27. The highest BCUT2D eigenvalue weighted by Gasteiger charge is 2.35. The van der Waals surface area contributed by atoms with Gasteiger partial charge < -0.3 is 9.53 Å². The number of rotatable bonds is 3. The molecule has 1 aliphatic rings. The van der Waals surface area contributed by atoms with E-state index < -0.39 is 15.0 Å². The molecule has 0 amide bonds. The Labute approximate surface area is 141 Å². The molecule has 128 valence electrons. The molecule has 1 aliphatic carbocycles. The summed E-state index contributed by atoms with van der Waals surface area (Å²) in [7, 11) is -1.42. The standard InChI is InChI=1S/C18H29NO3Si/c1-11-14(17(20)21)16(22-23(5)6)15-12(18(2,3)4)9-7-8-10-13(15)19-11/h12,23H,7-10H2,1-6H3,(H,20,21). The van der Waals surface area contributed by atoms with Crippen molar-refractivity contribution in [1.82, 2.24) is 4.98 Å². The summed E-state index contributed by atoms with van der Waals surface area (Å²) < 4.78 is 6.18. The van der Waals surface area contributed by atoms with Gasteiger partial charge in [0.2, 0.25) is 9.04 Å². The van der Waals surface area contributed by atoms with Crippen molar-refractivity contribution in [3.8, 4) is 5.75 Å². The van der Waals surface area contributed by atoms with Gasteiger partial charge in [-0.3, -0.25) is 4.98 Å². The smallest absolute Gasteiger partial charge is 0.341 e. The predicted molar refractivity (Wildman–Crippen MR) is 95.2 cm³/mol. The van der Waals surface area contributed by atoms with Gasteiger partial charge in [0.25, 0.3) is 0 Å². The Balaban J connectivity index is 2.78. The zero-order valence-electron chi connectivity index (χ0n) is 15.2. The van der Waals surface area contributed by atoms with Crippen molar-refractivity contribution in [1.29, 1.82) is 0 Å². The number of carboxylic acid groups (broad SMARTS) is 1. The molecule has 0 saturated heterocycles. The van der Waals surface area contributed by atoms with Crippen LogP contribution in [0.5, 0.6) is 5.75 Å². The molecule has 0 aromatic carbocycles. The van der Waals surface area contributed by atoms with Gasteiger partial charge in [-0.25, -0.2) is 4.79 Å². The highest BCUT2D eigenvalue weighted by Crippen LogP contribution is 2.47. The number of fused-ring (bicyclic) bond motifs is 1. The molecule has 0 bridgehead atoms. The summed E-state index contributed by atoms with van der Waals surface area (Å²) in [6, 6.07) is 0. The minimum Gasteiger partial charge on any atom is -0.546 e. The van der Waals surface area contributed by atoms with Crippen LogP contribution in [-0.2, 0) is 6.42 Å². The third-order valence-electron chi connectivity index (χ3n) is 4.56. The molecule has 0 saturated carbocycles. The topological polar surface area (TPSA) is 59.4 Å². The summed E-state index contributed by atoms with van der Waals surface area (Å²) in [6.45, 7) is 12.6. The van der Waals surface area contributed by atoms with Crippen molar-refractivity contribution >= 4 is 15.0 Å². The predicted octanol–water partition coefficient (Wildman–Crippen LogP) is 4.31. The van der Waals surface area contributed by atoms with Crippen molar-refractivity contribution in [2.24, 2.45) is 5.41 Å². The summed E-state index contributed by atoms with van der Waals surface area (Å²) in [5.41, 5.74) is 3.02. The molecule has 0 spiro atoms. The Kier molecular flexibility index (Phi) is 5.19. The molecular weight excluding hydrogens is 306 g/mol. The van der Waals surface area contributed by atoms with Gasteiger partial charge in [-0.15, -0.1) is 0 Å². The van der Waals surface area contributed by atoms with E-state index in [0.29, 0.717) is 11.4 Å². The Morgan fingerprint density at radius 3 is 2.48 bits per heavy atom. The number of hydrogen-bond acceptors (Lipinski definition) is 3.